The number of rotatable bonds is 2. The lowest BCUT2D eigenvalue weighted by molar-refractivity contribution is 0.0755. The SMILES string of the molecule is COc1c(C(C)(C)O)ccc2c1C=C1C(C)(C)CCC[C@@]12C. The maximum atomic E-state index is 10.5. The van der Waals surface area contributed by atoms with Crippen molar-refractivity contribution in [2.24, 2.45) is 5.41 Å². The zero-order valence-electron chi connectivity index (χ0n) is 14.7. The molecule has 0 saturated heterocycles. The Bertz CT molecular complexity index is 646. The Morgan fingerprint density at radius 2 is 1.82 bits per heavy atom. The van der Waals surface area contributed by atoms with Gasteiger partial charge in [-0.2, -0.15) is 0 Å². The van der Waals surface area contributed by atoms with Gasteiger partial charge < -0.3 is 9.84 Å². The largest absolute Gasteiger partial charge is 0.496 e. The van der Waals surface area contributed by atoms with E-state index in [2.05, 4.69) is 32.9 Å². The number of aliphatic hydroxyl groups is 1. The molecule has 1 aromatic rings. The second-order valence-electron chi connectivity index (χ2n) is 8.29. The molecule has 1 atom stereocenters. The lowest BCUT2D eigenvalue weighted by Gasteiger charge is -2.44. The van der Waals surface area contributed by atoms with Crippen LogP contribution in [0.3, 0.4) is 0 Å². The number of hydrogen-bond acceptors (Lipinski definition) is 2. The molecule has 2 aliphatic rings. The Kier molecular flexibility index (Phi) is 3.27. The predicted octanol–water partition coefficient (Wildman–Crippen LogP) is 4.79. The topological polar surface area (TPSA) is 29.5 Å². The zero-order chi connectivity index (χ0) is 16.3. The van der Waals surface area contributed by atoms with Crippen LogP contribution in [0.4, 0.5) is 0 Å². The Balaban J connectivity index is 2.26. The maximum absolute atomic E-state index is 10.5. The minimum atomic E-state index is -0.900. The summed E-state index contributed by atoms with van der Waals surface area (Å²) in [6, 6.07) is 4.25. The van der Waals surface area contributed by atoms with Crippen LogP contribution in [0.5, 0.6) is 5.75 Å². The predicted molar refractivity (Wildman–Crippen MR) is 91.2 cm³/mol. The molecular weight excluding hydrogens is 272 g/mol. The van der Waals surface area contributed by atoms with Crippen molar-refractivity contribution in [3.8, 4) is 5.75 Å². The first-order valence-electron chi connectivity index (χ1n) is 8.28. The summed E-state index contributed by atoms with van der Waals surface area (Å²) < 4.78 is 5.73. The van der Waals surface area contributed by atoms with Crippen LogP contribution in [0, 0.1) is 5.41 Å². The Hall–Kier alpha value is -1.28. The first kappa shape index (κ1) is 15.6. The van der Waals surface area contributed by atoms with Crippen LogP contribution in [-0.4, -0.2) is 12.2 Å². The number of hydrogen-bond donors (Lipinski definition) is 1. The van der Waals surface area contributed by atoms with Gasteiger partial charge in [-0.25, -0.2) is 0 Å². The van der Waals surface area contributed by atoms with Gasteiger partial charge in [0, 0.05) is 16.5 Å². The smallest absolute Gasteiger partial charge is 0.132 e. The van der Waals surface area contributed by atoms with E-state index in [1.54, 1.807) is 7.11 Å². The second kappa shape index (κ2) is 4.61. The average molecular weight is 300 g/mol. The summed E-state index contributed by atoms with van der Waals surface area (Å²) in [7, 11) is 1.71. The quantitative estimate of drug-likeness (QED) is 0.851. The number of methoxy groups -OCH3 is 1. The van der Waals surface area contributed by atoms with Gasteiger partial charge in [0.15, 0.2) is 0 Å². The van der Waals surface area contributed by atoms with Gasteiger partial charge >= 0.3 is 0 Å². The van der Waals surface area contributed by atoms with Crippen molar-refractivity contribution in [3.05, 3.63) is 34.4 Å². The van der Waals surface area contributed by atoms with Crippen molar-refractivity contribution in [2.75, 3.05) is 7.11 Å². The van der Waals surface area contributed by atoms with Gasteiger partial charge in [-0.15, -0.1) is 0 Å². The van der Waals surface area contributed by atoms with Gasteiger partial charge in [0.05, 0.1) is 12.7 Å². The molecule has 1 aromatic carbocycles. The highest BCUT2D eigenvalue weighted by atomic mass is 16.5. The van der Waals surface area contributed by atoms with Crippen LogP contribution in [-0.2, 0) is 11.0 Å². The Morgan fingerprint density at radius 1 is 1.14 bits per heavy atom. The summed E-state index contributed by atoms with van der Waals surface area (Å²) in [5, 5.41) is 10.5. The van der Waals surface area contributed by atoms with Gasteiger partial charge in [-0.05, 0) is 37.7 Å². The molecule has 0 aromatic heterocycles. The Labute approximate surface area is 134 Å². The second-order valence-corrected chi connectivity index (χ2v) is 8.29. The molecule has 22 heavy (non-hydrogen) atoms. The van der Waals surface area contributed by atoms with E-state index in [0.717, 1.165) is 11.3 Å². The van der Waals surface area contributed by atoms with Crippen LogP contribution >= 0.6 is 0 Å². The van der Waals surface area contributed by atoms with Crippen LogP contribution in [0.15, 0.2) is 17.7 Å². The molecule has 0 heterocycles. The zero-order valence-corrected chi connectivity index (χ0v) is 14.7. The van der Waals surface area contributed by atoms with E-state index in [4.69, 9.17) is 4.74 Å². The van der Waals surface area contributed by atoms with E-state index < -0.39 is 5.60 Å². The normalized spacial score (nSPS) is 26.2. The number of benzene rings is 1. The fraction of sp³-hybridized carbons (Fsp3) is 0.600. The lowest BCUT2D eigenvalue weighted by atomic mass is 9.60. The van der Waals surface area contributed by atoms with Crippen LogP contribution in [0.2, 0.25) is 0 Å². The molecule has 0 amide bonds. The highest BCUT2D eigenvalue weighted by Crippen LogP contribution is 2.58. The molecular formula is C20H28O2. The van der Waals surface area contributed by atoms with E-state index in [-0.39, 0.29) is 10.8 Å². The molecule has 120 valence electrons. The van der Waals surface area contributed by atoms with E-state index >= 15 is 0 Å². The number of ether oxygens (including phenoxy) is 1. The van der Waals surface area contributed by atoms with Crippen LogP contribution in [0.25, 0.3) is 6.08 Å². The molecule has 1 fully saturated rings. The van der Waals surface area contributed by atoms with Crippen LogP contribution in [0.1, 0.15) is 70.6 Å². The summed E-state index contributed by atoms with van der Waals surface area (Å²) in [4.78, 5) is 0. The molecule has 0 radical (unpaired) electrons. The Morgan fingerprint density at radius 3 is 2.41 bits per heavy atom. The molecule has 3 rings (SSSR count). The van der Waals surface area contributed by atoms with Crippen molar-refractivity contribution in [1.82, 2.24) is 0 Å². The minimum Gasteiger partial charge on any atom is -0.496 e. The molecule has 1 saturated carbocycles. The van der Waals surface area contributed by atoms with Crippen molar-refractivity contribution < 1.29 is 9.84 Å². The molecule has 2 heteroatoms. The highest BCUT2D eigenvalue weighted by Gasteiger charge is 2.47. The van der Waals surface area contributed by atoms with Crippen molar-refractivity contribution in [2.45, 2.75) is 64.9 Å². The van der Waals surface area contributed by atoms with Gasteiger partial charge in [-0.3, -0.25) is 0 Å². The summed E-state index contributed by atoms with van der Waals surface area (Å²) in [5.74, 6) is 0.837. The van der Waals surface area contributed by atoms with Gasteiger partial charge in [0.1, 0.15) is 5.75 Å². The first-order valence-corrected chi connectivity index (χ1v) is 8.28. The average Bonchev–Trinajstić information content (AvgIpc) is 2.71. The molecule has 1 N–H and O–H groups in total. The molecule has 0 bridgehead atoms. The molecule has 2 nitrogen and oxygen atoms in total. The first-order chi connectivity index (χ1) is 10.1. The van der Waals surface area contributed by atoms with Crippen LogP contribution < -0.4 is 4.74 Å². The fourth-order valence-corrected chi connectivity index (χ4v) is 4.60. The van der Waals surface area contributed by atoms with Crippen molar-refractivity contribution >= 4 is 6.08 Å². The van der Waals surface area contributed by atoms with Gasteiger partial charge in [-0.1, -0.05) is 51.0 Å². The fourth-order valence-electron chi connectivity index (χ4n) is 4.60. The number of fused-ring (bicyclic) bond motifs is 3. The van der Waals surface area contributed by atoms with Crippen molar-refractivity contribution in [3.63, 3.8) is 0 Å². The molecule has 0 unspecified atom stereocenters. The third kappa shape index (κ3) is 2.04. The summed E-state index contributed by atoms with van der Waals surface area (Å²) in [5.41, 5.74) is 4.37. The van der Waals surface area contributed by atoms with E-state index in [1.807, 2.05) is 19.9 Å². The van der Waals surface area contributed by atoms with Gasteiger partial charge in [0.2, 0.25) is 0 Å². The van der Waals surface area contributed by atoms with E-state index in [0.29, 0.717) is 0 Å². The highest BCUT2D eigenvalue weighted by molar-refractivity contribution is 5.76. The molecule has 0 spiro atoms. The lowest BCUT2D eigenvalue weighted by Crippen LogP contribution is -2.35. The monoisotopic (exact) mass is 300 g/mol. The number of allylic oxidation sites excluding steroid dienone is 1. The summed E-state index contributed by atoms with van der Waals surface area (Å²) in [6.07, 6.45) is 6.03. The third-order valence-electron chi connectivity index (χ3n) is 5.74. The third-order valence-corrected chi connectivity index (χ3v) is 5.74. The minimum absolute atomic E-state index is 0.114. The maximum Gasteiger partial charge on any atom is 0.132 e. The standard InChI is InChI=1S/C20H28O2/c1-18(2)10-7-11-20(5)14-8-9-15(19(3,4)21)17(22-6)13(14)12-16(18)20/h8-9,12,21H,7,10-11H2,1-6H3/t20-/m1/s1. The molecule has 0 aliphatic heterocycles. The van der Waals surface area contributed by atoms with E-state index in [1.165, 1.54) is 36.0 Å². The molecule has 2 aliphatic carbocycles. The van der Waals surface area contributed by atoms with E-state index in [9.17, 15) is 5.11 Å². The van der Waals surface area contributed by atoms with Crippen molar-refractivity contribution in [1.29, 1.82) is 0 Å². The summed E-state index contributed by atoms with van der Waals surface area (Å²) in [6.45, 7) is 10.7. The van der Waals surface area contributed by atoms with Gasteiger partial charge in [0.25, 0.3) is 0 Å². The summed E-state index contributed by atoms with van der Waals surface area (Å²) >= 11 is 0.